The minimum absolute atomic E-state index is 0.0321. The first-order chi connectivity index (χ1) is 14.6. The molecule has 2 aromatic rings. The van der Waals surface area contributed by atoms with Gasteiger partial charge < -0.3 is 25.6 Å². The molecule has 8 heteroatoms. The first kappa shape index (κ1) is 21.4. The molecule has 1 fully saturated rings. The second-order valence-electron chi connectivity index (χ2n) is 7.00. The van der Waals surface area contributed by atoms with E-state index >= 15 is 0 Å². The molecule has 1 aliphatic heterocycles. The number of benzene rings is 2. The fourth-order valence-corrected chi connectivity index (χ4v) is 3.39. The lowest BCUT2D eigenvalue weighted by molar-refractivity contribution is -0.114. The lowest BCUT2D eigenvalue weighted by Gasteiger charge is -2.22. The summed E-state index contributed by atoms with van der Waals surface area (Å²) in [5.74, 6) is 0.846. The number of hydrogen-bond donors (Lipinski definition) is 3. The molecule has 1 aliphatic rings. The van der Waals surface area contributed by atoms with Crippen molar-refractivity contribution in [3.8, 4) is 5.75 Å². The highest BCUT2D eigenvalue weighted by Crippen LogP contribution is 2.30. The monoisotopic (exact) mass is 413 g/mol. The molecule has 1 heterocycles. The van der Waals surface area contributed by atoms with Crippen LogP contribution in [0.3, 0.4) is 0 Å². The molecule has 30 heavy (non-hydrogen) atoms. The van der Waals surface area contributed by atoms with Crippen molar-refractivity contribution >= 4 is 23.2 Å². The van der Waals surface area contributed by atoms with Gasteiger partial charge in [0.15, 0.2) is 5.96 Å². The SMILES string of the molecule is CCNC(=NCC(=O)Nc1ccc(F)cc1)NC1CCN(c2ccccc2OC)C1. The summed E-state index contributed by atoms with van der Waals surface area (Å²) < 4.78 is 18.4. The third-order valence-electron chi connectivity index (χ3n) is 4.81. The van der Waals surface area contributed by atoms with Crippen molar-refractivity contribution in [2.24, 2.45) is 4.99 Å². The molecule has 0 radical (unpaired) electrons. The molecular formula is C22H28FN5O2. The number of guanidine groups is 1. The van der Waals surface area contributed by atoms with Crippen LogP contribution in [0, 0.1) is 5.82 Å². The minimum Gasteiger partial charge on any atom is -0.495 e. The van der Waals surface area contributed by atoms with E-state index in [0.29, 0.717) is 18.2 Å². The summed E-state index contributed by atoms with van der Waals surface area (Å²) in [6.45, 7) is 4.35. The molecule has 1 unspecified atom stereocenters. The van der Waals surface area contributed by atoms with Crippen LogP contribution in [0.25, 0.3) is 0 Å². The zero-order valence-electron chi connectivity index (χ0n) is 17.3. The van der Waals surface area contributed by atoms with E-state index < -0.39 is 0 Å². The molecule has 160 valence electrons. The van der Waals surface area contributed by atoms with Gasteiger partial charge in [-0.3, -0.25) is 4.79 Å². The van der Waals surface area contributed by atoms with Gasteiger partial charge in [-0.2, -0.15) is 0 Å². The van der Waals surface area contributed by atoms with E-state index in [1.807, 2.05) is 25.1 Å². The van der Waals surface area contributed by atoms with Gasteiger partial charge >= 0.3 is 0 Å². The van der Waals surface area contributed by atoms with Crippen LogP contribution < -0.4 is 25.6 Å². The maximum atomic E-state index is 13.0. The van der Waals surface area contributed by atoms with E-state index in [1.165, 1.54) is 24.3 Å². The van der Waals surface area contributed by atoms with Crippen LogP contribution in [0.5, 0.6) is 5.75 Å². The molecule has 7 nitrogen and oxygen atoms in total. The number of aliphatic imine (C=N–C) groups is 1. The van der Waals surface area contributed by atoms with Gasteiger partial charge in [0, 0.05) is 31.4 Å². The van der Waals surface area contributed by atoms with Crippen molar-refractivity contribution in [2.75, 3.05) is 43.5 Å². The van der Waals surface area contributed by atoms with Crippen molar-refractivity contribution in [1.82, 2.24) is 10.6 Å². The number of rotatable bonds is 7. The second kappa shape index (κ2) is 10.5. The summed E-state index contributed by atoms with van der Waals surface area (Å²) in [7, 11) is 1.68. The minimum atomic E-state index is -0.344. The zero-order chi connectivity index (χ0) is 21.3. The Balaban J connectivity index is 1.56. The quantitative estimate of drug-likeness (QED) is 0.481. The Labute approximate surface area is 176 Å². The fraction of sp³-hybridized carbons (Fsp3) is 0.364. The Bertz CT molecular complexity index is 872. The molecule has 1 saturated heterocycles. The van der Waals surface area contributed by atoms with Crippen molar-refractivity contribution in [2.45, 2.75) is 19.4 Å². The molecule has 3 N–H and O–H groups in total. The first-order valence-electron chi connectivity index (χ1n) is 10.1. The number of anilines is 2. The smallest absolute Gasteiger partial charge is 0.246 e. The predicted molar refractivity (Wildman–Crippen MR) is 118 cm³/mol. The number of nitrogens with one attached hydrogen (secondary N) is 3. The summed E-state index contributed by atoms with van der Waals surface area (Å²) in [6.07, 6.45) is 0.949. The number of hydrogen-bond acceptors (Lipinski definition) is 4. The Morgan fingerprint density at radius 3 is 2.73 bits per heavy atom. The highest BCUT2D eigenvalue weighted by Gasteiger charge is 2.25. The Hall–Kier alpha value is -3.29. The van der Waals surface area contributed by atoms with Crippen LogP contribution in [-0.4, -0.2) is 51.2 Å². The number of methoxy groups -OCH3 is 1. The molecule has 0 spiro atoms. The summed E-state index contributed by atoms with van der Waals surface area (Å²) in [4.78, 5) is 18.8. The van der Waals surface area contributed by atoms with E-state index in [9.17, 15) is 9.18 Å². The predicted octanol–water partition coefficient (Wildman–Crippen LogP) is 2.61. The topological polar surface area (TPSA) is 78.0 Å². The number of carbonyl (C=O) groups excluding carboxylic acids is 1. The third kappa shape index (κ3) is 5.85. The molecule has 1 amide bonds. The Kier molecular flexibility index (Phi) is 7.48. The van der Waals surface area contributed by atoms with Gasteiger partial charge in [0.1, 0.15) is 18.1 Å². The largest absolute Gasteiger partial charge is 0.495 e. The lowest BCUT2D eigenvalue weighted by Crippen LogP contribution is -2.45. The Morgan fingerprint density at radius 2 is 2.00 bits per heavy atom. The van der Waals surface area contributed by atoms with E-state index in [-0.39, 0.29) is 24.3 Å². The van der Waals surface area contributed by atoms with Crippen LogP contribution in [-0.2, 0) is 4.79 Å². The first-order valence-corrected chi connectivity index (χ1v) is 10.1. The lowest BCUT2D eigenvalue weighted by atomic mass is 10.2. The van der Waals surface area contributed by atoms with Crippen LogP contribution in [0.4, 0.5) is 15.8 Å². The number of ether oxygens (including phenoxy) is 1. The van der Waals surface area contributed by atoms with Crippen molar-refractivity contribution in [3.63, 3.8) is 0 Å². The summed E-state index contributed by atoms with van der Waals surface area (Å²) in [6, 6.07) is 13.8. The standard InChI is InChI=1S/C22H28FN5O2/c1-3-24-22(25-14-21(29)26-17-10-8-16(23)9-11-17)27-18-12-13-28(15-18)19-6-4-5-7-20(19)30-2/h4-11,18H,3,12-15H2,1-2H3,(H,26,29)(H2,24,25,27). The van der Waals surface area contributed by atoms with Crippen LogP contribution in [0.15, 0.2) is 53.5 Å². The molecule has 2 aromatic carbocycles. The van der Waals surface area contributed by atoms with Crippen LogP contribution >= 0.6 is 0 Å². The zero-order valence-corrected chi connectivity index (χ0v) is 17.3. The molecule has 0 saturated carbocycles. The molecule has 0 bridgehead atoms. The summed E-state index contributed by atoms with van der Waals surface area (Å²) in [5, 5.41) is 9.30. The number of nitrogens with zero attached hydrogens (tertiary/aromatic N) is 2. The molecular weight excluding hydrogens is 385 g/mol. The van der Waals surface area contributed by atoms with Crippen LogP contribution in [0.2, 0.25) is 0 Å². The van der Waals surface area contributed by atoms with Gasteiger partial charge in [0.2, 0.25) is 5.91 Å². The van der Waals surface area contributed by atoms with Crippen molar-refractivity contribution in [1.29, 1.82) is 0 Å². The average molecular weight is 413 g/mol. The van der Waals surface area contributed by atoms with Gasteiger partial charge in [0.25, 0.3) is 0 Å². The van der Waals surface area contributed by atoms with Gasteiger partial charge in [-0.15, -0.1) is 0 Å². The van der Waals surface area contributed by atoms with Gasteiger partial charge in [-0.05, 0) is 49.7 Å². The molecule has 0 aliphatic carbocycles. The van der Waals surface area contributed by atoms with Crippen LogP contribution in [0.1, 0.15) is 13.3 Å². The average Bonchev–Trinajstić information content (AvgIpc) is 3.22. The number of halogens is 1. The molecule has 3 rings (SSSR count). The normalized spacial score (nSPS) is 16.3. The maximum Gasteiger partial charge on any atom is 0.246 e. The van der Waals surface area contributed by atoms with Gasteiger partial charge in [-0.1, -0.05) is 12.1 Å². The summed E-state index contributed by atoms with van der Waals surface area (Å²) >= 11 is 0. The van der Waals surface area contributed by atoms with Crippen molar-refractivity contribution in [3.05, 3.63) is 54.3 Å². The van der Waals surface area contributed by atoms with E-state index in [1.54, 1.807) is 7.11 Å². The highest BCUT2D eigenvalue weighted by atomic mass is 19.1. The third-order valence-corrected chi connectivity index (χ3v) is 4.81. The maximum absolute atomic E-state index is 13.0. The fourth-order valence-electron chi connectivity index (χ4n) is 3.39. The van der Waals surface area contributed by atoms with E-state index in [4.69, 9.17) is 4.74 Å². The van der Waals surface area contributed by atoms with E-state index in [2.05, 4.69) is 31.9 Å². The van der Waals surface area contributed by atoms with Crippen molar-refractivity contribution < 1.29 is 13.9 Å². The highest BCUT2D eigenvalue weighted by molar-refractivity contribution is 5.94. The molecule has 0 aromatic heterocycles. The van der Waals surface area contributed by atoms with Gasteiger partial charge in [-0.25, -0.2) is 9.38 Å². The molecule has 1 atom stereocenters. The number of carbonyl (C=O) groups is 1. The second-order valence-corrected chi connectivity index (χ2v) is 7.00. The Morgan fingerprint density at radius 1 is 1.23 bits per heavy atom. The van der Waals surface area contributed by atoms with Gasteiger partial charge in [0.05, 0.1) is 12.8 Å². The summed E-state index contributed by atoms with van der Waals surface area (Å²) in [5.41, 5.74) is 1.61. The number of para-hydroxylation sites is 2. The number of amides is 1. The van der Waals surface area contributed by atoms with E-state index in [0.717, 1.165) is 30.9 Å².